The number of imide groups is 1. The van der Waals surface area contributed by atoms with Crippen molar-refractivity contribution in [3.63, 3.8) is 0 Å². The van der Waals surface area contributed by atoms with E-state index in [1.807, 2.05) is 0 Å². The molecule has 4 rings (SSSR count). The second-order valence-corrected chi connectivity index (χ2v) is 8.05. The minimum Gasteiger partial charge on any atom is -0.478 e. The average molecular weight is 436 g/mol. The molecule has 2 aliphatic rings. The molecule has 3 amide bonds. The van der Waals surface area contributed by atoms with Crippen LogP contribution in [0.5, 0.6) is 0 Å². The number of alkyl carbamates (subject to hydrolysis) is 1. The number of ether oxygens (including phenoxy) is 1. The lowest BCUT2D eigenvalue weighted by molar-refractivity contribution is 0.0474. The Morgan fingerprint density at radius 1 is 1.00 bits per heavy atom. The van der Waals surface area contributed by atoms with Crippen LogP contribution in [0.25, 0.3) is 0 Å². The number of carboxylic acid groups (broad SMARTS) is 1. The third-order valence-corrected chi connectivity index (χ3v) is 5.96. The van der Waals surface area contributed by atoms with Crippen molar-refractivity contribution in [3.05, 3.63) is 70.8 Å². The zero-order valence-corrected chi connectivity index (χ0v) is 17.5. The van der Waals surface area contributed by atoms with Crippen LogP contribution < -0.4 is 5.32 Å². The fourth-order valence-electron chi connectivity index (χ4n) is 4.28. The molecule has 1 aliphatic heterocycles. The fraction of sp³-hybridized carbons (Fsp3) is 0.333. The molecule has 8 nitrogen and oxygen atoms in total. The first kappa shape index (κ1) is 21.5. The number of rotatable bonds is 6. The number of hydrogen-bond donors (Lipinski definition) is 2. The van der Waals surface area contributed by atoms with Crippen LogP contribution in [0.2, 0.25) is 0 Å². The molecule has 1 fully saturated rings. The number of nitrogens with zero attached hydrogens (tertiary/aromatic N) is 1. The van der Waals surface area contributed by atoms with E-state index in [0.29, 0.717) is 5.56 Å². The first-order valence-corrected chi connectivity index (χ1v) is 10.7. The van der Waals surface area contributed by atoms with Crippen molar-refractivity contribution in [2.24, 2.45) is 0 Å². The van der Waals surface area contributed by atoms with Gasteiger partial charge < -0.3 is 15.2 Å². The van der Waals surface area contributed by atoms with Crippen LogP contribution in [0.1, 0.15) is 74.8 Å². The van der Waals surface area contributed by atoms with E-state index < -0.39 is 29.9 Å². The summed E-state index contributed by atoms with van der Waals surface area (Å²) in [5, 5.41) is 12.1. The van der Waals surface area contributed by atoms with Crippen LogP contribution in [0, 0.1) is 0 Å². The van der Waals surface area contributed by atoms with Gasteiger partial charge in [-0.1, -0.05) is 49.6 Å². The number of benzene rings is 2. The maximum Gasteiger partial charge on any atom is 0.407 e. The number of aromatic carboxylic acids is 1. The Kier molecular flexibility index (Phi) is 6.20. The number of carboxylic acids is 1. The summed E-state index contributed by atoms with van der Waals surface area (Å²) in [6.45, 7) is -0.209. The van der Waals surface area contributed by atoms with Crippen LogP contribution in [-0.4, -0.2) is 46.5 Å². The molecular formula is C24H24N2O6. The molecular weight excluding hydrogens is 412 g/mol. The van der Waals surface area contributed by atoms with Gasteiger partial charge in [0.05, 0.1) is 22.7 Å². The monoisotopic (exact) mass is 436 g/mol. The lowest BCUT2D eigenvalue weighted by Gasteiger charge is -2.27. The molecule has 0 unspecified atom stereocenters. The normalized spacial score (nSPS) is 17.1. The van der Waals surface area contributed by atoms with Crippen molar-refractivity contribution in [1.29, 1.82) is 0 Å². The number of nitrogens with one attached hydrogen (secondary N) is 1. The molecule has 1 saturated carbocycles. The summed E-state index contributed by atoms with van der Waals surface area (Å²) < 4.78 is 5.44. The predicted molar refractivity (Wildman–Crippen MR) is 114 cm³/mol. The largest absolute Gasteiger partial charge is 0.478 e. The van der Waals surface area contributed by atoms with Crippen LogP contribution >= 0.6 is 0 Å². The molecule has 8 heteroatoms. The van der Waals surface area contributed by atoms with Crippen molar-refractivity contribution >= 4 is 23.9 Å². The van der Waals surface area contributed by atoms with Gasteiger partial charge in [-0.25, -0.2) is 9.59 Å². The van der Waals surface area contributed by atoms with Gasteiger partial charge in [-0.05, 0) is 36.6 Å². The third kappa shape index (κ3) is 4.34. The van der Waals surface area contributed by atoms with Gasteiger partial charge in [0, 0.05) is 6.04 Å². The number of carbonyl (C=O) groups is 4. The Hall–Kier alpha value is -3.68. The SMILES string of the molecule is O=C(NC1CCCCC1)OC[C@H](c1ccccc1)N1C(=O)c2ccc(C(=O)O)cc2C1=O. The summed E-state index contributed by atoms with van der Waals surface area (Å²) in [5.74, 6) is -2.35. The molecule has 0 aromatic heterocycles. The van der Waals surface area contributed by atoms with Crippen molar-refractivity contribution < 1.29 is 29.0 Å². The number of amides is 3. The van der Waals surface area contributed by atoms with Gasteiger partial charge in [0.15, 0.2) is 0 Å². The zero-order chi connectivity index (χ0) is 22.7. The summed E-state index contributed by atoms with van der Waals surface area (Å²) in [6.07, 6.45) is 4.51. The van der Waals surface area contributed by atoms with Crippen LogP contribution in [0.3, 0.4) is 0 Å². The summed E-state index contributed by atoms with van der Waals surface area (Å²) >= 11 is 0. The van der Waals surface area contributed by atoms with Crippen molar-refractivity contribution in [2.45, 2.75) is 44.2 Å². The molecule has 2 aromatic carbocycles. The molecule has 32 heavy (non-hydrogen) atoms. The van der Waals surface area contributed by atoms with Gasteiger partial charge in [-0.3, -0.25) is 14.5 Å². The second-order valence-electron chi connectivity index (χ2n) is 8.05. The maximum absolute atomic E-state index is 13.1. The second kappa shape index (κ2) is 9.21. The van der Waals surface area contributed by atoms with E-state index in [4.69, 9.17) is 4.74 Å². The minimum atomic E-state index is -1.19. The zero-order valence-electron chi connectivity index (χ0n) is 17.5. The highest BCUT2D eigenvalue weighted by molar-refractivity contribution is 6.22. The van der Waals surface area contributed by atoms with Crippen molar-refractivity contribution in [1.82, 2.24) is 10.2 Å². The Bertz CT molecular complexity index is 1050. The number of carbonyl (C=O) groups excluding carboxylic acids is 3. The first-order valence-electron chi connectivity index (χ1n) is 10.7. The summed E-state index contributed by atoms with van der Waals surface area (Å²) in [7, 11) is 0. The predicted octanol–water partition coefficient (Wildman–Crippen LogP) is 3.78. The van der Waals surface area contributed by atoms with E-state index in [1.165, 1.54) is 18.2 Å². The highest BCUT2D eigenvalue weighted by Crippen LogP contribution is 2.32. The van der Waals surface area contributed by atoms with E-state index in [9.17, 15) is 24.3 Å². The van der Waals surface area contributed by atoms with E-state index in [2.05, 4.69) is 5.32 Å². The van der Waals surface area contributed by atoms with Gasteiger partial charge in [-0.2, -0.15) is 0 Å². The van der Waals surface area contributed by atoms with E-state index in [-0.39, 0.29) is 29.3 Å². The Labute approximate surface area is 185 Å². The molecule has 1 atom stereocenters. The molecule has 166 valence electrons. The van der Waals surface area contributed by atoms with Crippen LogP contribution in [-0.2, 0) is 4.74 Å². The van der Waals surface area contributed by atoms with Gasteiger partial charge in [0.2, 0.25) is 0 Å². The highest BCUT2D eigenvalue weighted by atomic mass is 16.5. The van der Waals surface area contributed by atoms with E-state index in [0.717, 1.165) is 37.0 Å². The van der Waals surface area contributed by atoms with Crippen LogP contribution in [0.15, 0.2) is 48.5 Å². The summed E-state index contributed by atoms with van der Waals surface area (Å²) in [6, 6.07) is 11.9. The van der Waals surface area contributed by atoms with Crippen LogP contribution in [0.4, 0.5) is 4.79 Å². The quantitative estimate of drug-likeness (QED) is 0.667. The third-order valence-electron chi connectivity index (χ3n) is 5.96. The Morgan fingerprint density at radius 2 is 1.69 bits per heavy atom. The van der Waals surface area contributed by atoms with Gasteiger partial charge in [-0.15, -0.1) is 0 Å². The molecule has 2 N–H and O–H groups in total. The number of fused-ring (bicyclic) bond motifs is 1. The standard InChI is InChI=1S/C24H24N2O6/c27-21-18-12-11-16(23(29)30)13-19(18)22(28)26(21)20(15-7-3-1-4-8-15)14-32-24(31)25-17-9-5-2-6-10-17/h1,3-4,7-8,11-13,17,20H,2,5-6,9-10,14H2,(H,25,31)(H,29,30)/t20-/m1/s1. The Balaban J connectivity index is 1.55. The maximum atomic E-state index is 13.1. The molecule has 0 radical (unpaired) electrons. The molecule has 2 aromatic rings. The lowest BCUT2D eigenvalue weighted by atomic mass is 9.96. The summed E-state index contributed by atoms with van der Waals surface area (Å²) in [4.78, 5) is 50.9. The Morgan fingerprint density at radius 3 is 2.38 bits per heavy atom. The molecule has 0 spiro atoms. The molecule has 1 aliphatic carbocycles. The molecule has 1 heterocycles. The minimum absolute atomic E-state index is 0.0301. The van der Waals surface area contributed by atoms with E-state index in [1.54, 1.807) is 30.3 Å². The van der Waals surface area contributed by atoms with Crippen molar-refractivity contribution in [2.75, 3.05) is 6.61 Å². The number of hydrogen-bond acceptors (Lipinski definition) is 5. The van der Waals surface area contributed by atoms with Gasteiger partial charge in [0.1, 0.15) is 6.61 Å². The van der Waals surface area contributed by atoms with Gasteiger partial charge >= 0.3 is 12.1 Å². The molecule has 0 saturated heterocycles. The van der Waals surface area contributed by atoms with Crippen molar-refractivity contribution in [3.8, 4) is 0 Å². The molecule has 0 bridgehead atoms. The topological polar surface area (TPSA) is 113 Å². The van der Waals surface area contributed by atoms with Gasteiger partial charge in [0.25, 0.3) is 11.8 Å². The smallest absolute Gasteiger partial charge is 0.407 e. The average Bonchev–Trinajstić information content (AvgIpc) is 3.05. The summed E-state index contributed by atoms with van der Waals surface area (Å²) in [5.41, 5.74) is 0.715. The highest BCUT2D eigenvalue weighted by Gasteiger charge is 2.41. The lowest BCUT2D eigenvalue weighted by Crippen LogP contribution is -2.40. The first-order chi connectivity index (χ1) is 15.5. The fourth-order valence-corrected chi connectivity index (χ4v) is 4.28. The van der Waals surface area contributed by atoms with E-state index >= 15 is 0 Å².